The van der Waals surface area contributed by atoms with Gasteiger partial charge in [-0.1, -0.05) is 0 Å². The number of amides is 1. The molecule has 2 rings (SSSR count). The Balaban J connectivity index is 2.13. The van der Waals surface area contributed by atoms with E-state index in [2.05, 4.69) is 15.9 Å². The number of benzene rings is 1. The standard InChI is InChI=1S/C13H14BrNO3/c1-18-12-3-2-9(8-11(12)14)13(17)15-6-4-10(16)5-7-15/h2-3,8H,4-7H2,1H3. The Morgan fingerprint density at radius 3 is 2.56 bits per heavy atom. The Labute approximate surface area is 114 Å². The molecule has 18 heavy (non-hydrogen) atoms. The lowest BCUT2D eigenvalue weighted by Gasteiger charge is -2.26. The molecular weight excluding hydrogens is 298 g/mol. The summed E-state index contributed by atoms with van der Waals surface area (Å²) in [4.78, 5) is 25.1. The Hall–Kier alpha value is -1.36. The number of methoxy groups -OCH3 is 1. The number of ketones is 1. The first-order valence-electron chi connectivity index (χ1n) is 5.76. The van der Waals surface area contributed by atoms with Gasteiger partial charge in [0, 0.05) is 31.5 Å². The van der Waals surface area contributed by atoms with E-state index in [1.54, 1.807) is 30.2 Å². The average Bonchev–Trinajstić information content (AvgIpc) is 2.38. The second-order valence-electron chi connectivity index (χ2n) is 4.18. The highest BCUT2D eigenvalue weighted by Gasteiger charge is 2.22. The summed E-state index contributed by atoms with van der Waals surface area (Å²) in [5.74, 6) is 0.890. The van der Waals surface area contributed by atoms with Gasteiger partial charge in [0.1, 0.15) is 11.5 Å². The maximum absolute atomic E-state index is 12.2. The Kier molecular flexibility index (Phi) is 4.01. The van der Waals surface area contributed by atoms with Crippen molar-refractivity contribution in [2.24, 2.45) is 0 Å². The first-order chi connectivity index (χ1) is 8.61. The second kappa shape index (κ2) is 5.52. The van der Waals surface area contributed by atoms with Crippen LogP contribution in [0, 0.1) is 0 Å². The predicted molar refractivity (Wildman–Crippen MR) is 70.8 cm³/mol. The van der Waals surface area contributed by atoms with Crippen molar-refractivity contribution in [1.29, 1.82) is 0 Å². The van der Waals surface area contributed by atoms with E-state index in [0.717, 1.165) is 4.47 Å². The van der Waals surface area contributed by atoms with E-state index < -0.39 is 0 Å². The van der Waals surface area contributed by atoms with Crippen molar-refractivity contribution in [3.63, 3.8) is 0 Å². The minimum Gasteiger partial charge on any atom is -0.496 e. The highest BCUT2D eigenvalue weighted by molar-refractivity contribution is 9.10. The molecule has 96 valence electrons. The van der Waals surface area contributed by atoms with Crippen LogP contribution in [0.25, 0.3) is 0 Å². The number of halogens is 1. The Bertz CT molecular complexity index is 477. The monoisotopic (exact) mass is 311 g/mol. The second-order valence-corrected chi connectivity index (χ2v) is 5.03. The van der Waals surface area contributed by atoms with E-state index in [1.807, 2.05) is 0 Å². The molecule has 0 aliphatic carbocycles. The van der Waals surface area contributed by atoms with Crippen LogP contribution >= 0.6 is 15.9 Å². The molecule has 5 heteroatoms. The maximum atomic E-state index is 12.2. The van der Waals surface area contributed by atoms with Crippen molar-refractivity contribution >= 4 is 27.6 Å². The zero-order valence-corrected chi connectivity index (χ0v) is 11.7. The first-order valence-corrected chi connectivity index (χ1v) is 6.55. The molecule has 0 unspecified atom stereocenters. The molecule has 1 aliphatic rings. The number of Topliss-reactive ketones (excluding diaryl/α,β-unsaturated/α-hetero) is 1. The number of nitrogens with zero attached hydrogens (tertiary/aromatic N) is 1. The lowest BCUT2D eigenvalue weighted by Crippen LogP contribution is -2.38. The van der Waals surface area contributed by atoms with E-state index in [1.165, 1.54) is 0 Å². The highest BCUT2D eigenvalue weighted by atomic mass is 79.9. The fraction of sp³-hybridized carbons (Fsp3) is 0.385. The van der Waals surface area contributed by atoms with Crippen molar-refractivity contribution < 1.29 is 14.3 Å². The molecule has 1 saturated heterocycles. The predicted octanol–water partition coefficient (Wildman–Crippen LogP) is 2.26. The molecule has 0 spiro atoms. The van der Waals surface area contributed by atoms with Gasteiger partial charge < -0.3 is 9.64 Å². The Morgan fingerprint density at radius 2 is 2.00 bits per heavy atom. The van der Waals surface area contributed by atoms with Crippen LogP contribution in [0.15, 0.2) is 22.7 Å². The number of carbonyl (C=O) groups excluding carboxylic acids is 2. The molecule has 1 aliphatic heterocycles. The van der Waals surface area contributed by atoms with E-state index in [-0.39, 0.29) is 11.7 Å². The van der Waals surface area contributed by atoms with E-state index in [9.17, 15) is 9.59 Å². The summed E-state index contributed by atoms with van der Waals surface area (Å²) in [6.45, 7) is 1.03. The first kappa shape index (κ1) is 13.1. The van der Waals surface area contributed by atoms with Gasteiger partial charge in [0.2, 0.25) is 0 Å². The summed E-state index contributed by atoms with van der Waals surface area (Å²) in [5.41, 5.74) is 0.608. The molecule has 1 heterocycles. The zero-order valence-electron chi connectivity index (χ0n) is 10.1. The van der Waals surface area contributed by atoms with Crippen molar-refractivity contribution in [2.75, 3.05) is 20.2 Å². The van der Waals surface area contributed by atoms with Gasteiger partial charge in [-0.2, -0.15) is 0 Å². The van der Waals surface area contributed by atoms with Gasteiger partial charge in [-0.15, -0.1) is 0 Å². The number of ether oxygens (including phenoxy) is 1. The molecule has 0 aromatic heterocycles. The summed E-state index contributed by atoms with van der Waals surface area (Å²) >= 11 is 3.36. The van der Waals surface area contributed by atoms with Crippen molar-refractivity contribution in [3.8, 4) is 5.75 Å². The SMILES string of the molecule is COc1ccc(C(=O)N2CCC(=O)CC2)cc1Br. The molecule has 4 nitrogen and oxygen atoms in total. The average molecular weight is 312 g/mol. The number of piperidine rings is 1. The lowest BCUT2D eigenvalue weighted by atomic mass is 10.1. The smallest absolute Gasteiger partial charge is 0.253 e. The molecule has 1 amide bonds. The van der Waals surface area contributed by atoms with Crippen molar-refractivity contribution in [1.82, 2.24) is 4.90 Å². The summed E-state index contributed by atoms with van der Waals surface area (Å²) in [7, 11) is 1.58. The van der Waals surface area contributed by atoms with Crippen LogP contribution in [-0.4, -0.2) is 36.8 Å². The molecule has 0 radical (unpaired) electrons. The number of carbonyl (C=O) groups is 2. The van der Waals surface area contributed by atoms with Crippen LogP contribution in [0.4, 0.5) is 0 Å². The summed E-state index contributed by atoms with van der Waals surface area (Å²) in [5, 5.41) is 0. The normalized spacial score (nSPS) is 15.7. The summed E-state index contributed by atoms with van der Waals surface area (Å²) in [6.07, 6.45) is 0.923. The number of hydrogen-bond acceptors (Lipinski definition) is 3. The minimum absolute atomic E-state index is 0.0362. The number of hydrogen-bond donors (Lipinski definition) is 0. The molecule has 0 N–H and O–H groups in total. The van der Waals surface area contributed by atoms with Gasteiger partial charge in [0.15, 0.2) is 0 Å². The van der Waals surface area contributed by atoms with Gasteiger partial charge in [0.05, 0.1) is 11.6 Å². The van der Waals surface area contributed by atoms with Crippen LogP contribution < -0.4 is 4.74 Å². The zero-order chi connectivity index (χ0) is 13.1. The summed E-state index contributed by atoms with van der Waals surface area (Å²) in [6, 6.07) is 5.24. The van der Waals surface area contributed by atoms with Crippen molar-refractivity contribution in [2.45, 2.75) is 12.8 Å². The minimum atomic E-state index is -0.0362. The largest absolute Gasteiger partial charge is 0.496 e. The third-order valence-electron chi connectivity index (χ3n) is 3.01. The third kappa shape index (κ3) is 2.72. The van der Waals surface area contributed by atoms with Gasteiger partial charge in [-0.25, -0.2) is 0 Å². The number of likely N-dealkylation sites (tertiary alicyclic amines) is 1. The number of rotatable bonds is 2. The topological polar surface area (TPSA) is 46.6 Å². The molecule has 1 fully saturated rings. The van der Waals surface area contributed by atoms with Crippen LogP contribution in [0.2, 0.25) is 0 Å². The van der Waals surface area contributed by atoms with E-state index in [0.29, 0.717) is 37.2 Å². The molecule has 0 bridgehead atoms. The van der Waals surface area contributed by atoms with Gasteiger partial charge >= 0.3 is 0 Å². The van der Waals surface area contributed by atoms with E-state index in [4.69, 9.17) is 4.74 Å². The lowest BCUT2D eigenvalue weighted by molar-refractivity contribution is -0.120. The van der Waals surface area contributed by atoms with Gasteiger partial charge in [-0.3, -0.25) is 9.59 Å². The van der Waals surface area contributed by atoms with Gasteiger partial charge in [0.25, 0.3) is 5.91 Å². The quantitative estimate of drug-likeness (QED) is 0.841. The van der Waals surface area contributed by atoms with Crippen LogP contribution in [0.3, 0.4) is 0 Å². The van der Waals surface area contributed by atoms with Crippen LogP contribution in [0.5, 0.6) is 5.75 Å². The molecule has 1 aromatic rings. The fourth-order valence-corrected chi connectivity index (χ4v) is 2.48. The molecule has 0 saturated carbocycles. The van der Waals surface area contributed by atoms with Gasteiger partial charge in [-0.05, 0) is 34.1 Å². The summed E-state index contributed by atoms with van der Waals surface area (Å²) < 4.78 is 5.88. The maximum Gasteiger partial charge on any atom is 0.253 e. The molecule has 1 aromatic carbocycles. The van der Waals surface area contributed by atoms with Crippen molar-refractivity contribution in [3.05, 3.63) is 28.2 Å². The molecule has 0 atom stereocenters. The van der Waals surface area contributed by atoms with Crippen LogP contribution in [0.1, 0.15) is 23.2 Å². The Morgan fingerprint density at radius 1 is 1.33 bits per heavy atom. The van der Waals surface area contributed by atoms with Crippen LogP contribution in [-0.2, 0) is 4.79 Å². The van der Waals surface area contributed by atoms with E-state index >= 15 is 0 Å². The fourth-order valence-electron chi connectivity index (χ4n) is 1.94. The highest BCUT2D eigenvalue weighted by Crippen LogP contribution is 2.26. The third-order valence-corrected chi connectivity index (χ3v) is 3.63. The molecular formula is C13H14BrNO3.